The van der Waals surface area contributed by atoms with Crippen LogP contribution in [-0.4, -0.2) is 19.2 Å². The number of methoxy groups -OCH3 is 1. The molecule has 110 valence electrons. The first-order valence-electron chi connectivity index (χ1n) is 6.73. The molecule has 1 aliphatic carbocycles. The Balaban J connectivity index is 1.80. The highest BCUT2D eigenvalue weighted by Gasteiger charge is 2.27. The zero-order valence-corrected chi connectivity index (χ0v) is 12.9. The van der Waals surface area contributed by atoms with Crippen molar-refractivity contribution in [2.24, 2.45) is 5.92 Å². The summed E-state index contributed by atoms with van der Waals surface area (Å²) in [5.74, 6) is -0.0804. The summed E-state index contributed by atoms with van der Waals surface area (Å²) in [5, 5.41) is 1.25. The third kappa shape index (κ3) is 4.11. The van der Waals surface area contributed by atoms with E-state index in [4.69, 9.17) is 32.7 Å². The molecule has 1 aliphatic rings. The number of hydrogen-bond donors (Lipinski definition) is 0. The zero-order valence-electron chi connectivity index (χ0n) is 11.4. The van der Waals surface area contributed by atoms with Crippen molar-refractivity contribution in [3.05, 3.63) is 33.8 Å². The van der Waals surface area contributed by atoms with E-state index < -0.39 is 0 Å². The van der Waals surface area contributed by atoms with E-state index in [2.05, 4.69) is 0 Å². The third-order valence-corrected chi connectivity index (χ3v) is 4.29. The second kappa shape index (κ2) is 7.30. The molecule has 0 heterocycles. The molecule has 0 unspecified atom stereocenters. The highest BCUT2D eigenvalue weighted by atomic mass is 35.5. The molecule has 0 spiro atoms. The van der Waals surface area contributed by atoms with Crippen LogP contribution >= 0.6 is 23.2 Å². The lowest BCUT2D eigenvalue weighted by molar-refractivity contribution is -0.147. The Morgan fingerprint density at radius 1 is 1.25 bits per heavy atom. The van der Waals surface area contributed by atoms with Crippen molar-refractivity contribution in [2.45, 2.75) is 38.4 Å². The van der Waals surface area contributed by atoms with Crippen LogP contribution in [0.2, 0.25) is 10.0 Å². The number of ether oxygens (including phenoxy) is 2. The summed E-state index contributed by atoms with van der Waals surface area (Å²) >= 11 is 12.0. The summed E-state index contributed by atoms with van der Waals surface area (Å²) in [6, 6.07) is 5.40. The minimum absolute atomic E-state index is 0.0268. The number of carbonyl (C=O) groups is 1. The first-order valence-corrected chi connectivity index (χ1v) is 7.49. The van der Waals surface area contributed by atoms with E-state index in [1.54, 1.807) is 12.1 Å². The molecule has 0 saturated heterocycles. The number of rotatable bonds is 4. The quantitative estimate of drug-likeness (QED) is 0.779. The van der Waals surface area contributed by atoms with Crippen LogP contribution in [0.4, 0.5) is 0 Å². The van der Waals surface area contributed by atoms with Crippen molar-refractivity contribution in [3.8, 4) is 0 Å². The van der Waals surface area contributed by atoms with E-state index in [0.29, 0.717) is 16.7 Å². The topological polar surface area (TPSA) is 35.5 Å². The smallest absolute Gasteiger partial charge is 0.308 e. The van der Waals surface area contributed by atoms with Crippen molar-refractivity contribution in [1.82, 2.24) is 0 Å². The van der Waals surface area contributed by atoms with Gasteiger partial charge in [0.15, 0.2) is 0 Å². The Labute approximate surface area is 129 Å². The van der Waals surface area contributed by atoms with Crippen LogP contribution in [0.1, 0.15) is 31.2 Å². The average molecular weight is 317 g/mol. The van der Waals surface area contributed by atoms with Gasteiger partial charge in [0.2, 0.25) is 0 Å². The van der Waals surface area contributed by atoms with Crippen LogP contribution in [0.15, 0.2) is 18.2 Å². The zero-order chi connectivity index (χ0) is 14.5. The second-order valence-electron chi connectivity index (χ2n) is 5.04. The van der Waals surface area contributed by atoms with Crippen LogP contribution in [0.5, 0.6) is 0 Å². The summed E-state index contributed by atoms with van der Waals surface area (Å²) in [7, 11) is 1.44. The van der Waals surface area contributed by atoms with Crippen molar-refractivity contribution >= 4 is 29.2 Å². The highest BCUT2D eigenvalue weighted by molar-refractivity contribution is 6.35. The lowest BCUT2D eigenvalue weighted by Gasteiger charge is -2.27. The molecule has 1 aromatic carbocycles. The minimum Gasteiger partial charge on any atom is -0.469 e. The number of halogens is 2. The van der Waals surface area contributed by atoms with Crippen molar-refractivity contribution in [1.29, 1.82) is 0 Å². The van der Waals surface area contributed by atoms with Gasteiger partial charge in [0.25, 0.3) is 0 Å². The standard InChI is InChI=1S/C15H18Cl2O3/c1-19-15(18)10-3-6-13(7-4-10)20-9-11-2-5-12(16)8-14(11)17/h2,5,8,10,13H,3-4,6-7,9H2,1H3. The molecule has 1 fully saturated rings. The highest BCUT2D eigenvalue weighted by Crippen LogP contribution is 2.29. The van der Waals surface area contributed by atoms with Gasteiger partial charge in [-0.05, 0) is 43.4 Å². The molecule has 0 aromatic heterocycles. The van der Waals surface area contributed by atoms with Crippen LogP contribution in [0.3, 0.4) is 0 Å². The minimum atomic E-state index is -0.107. The van der Waals surface area contributed by atoms with E-state index >= 15 is 0 Å². The van der Waals surface area contributed by atoms with E-state index in [1.165, 1.54) is 7.11 Å². The molecule has 1 saturated carbocycles. The number of carbonyl (C=O) groups excluding carboxylic acids is 1. The molecular weight excluding hydrogens is 299 g/mol. The predicted molar refractivity (Wildman–Crippen MR) is 79.0 cm³/mol. The van der Waals surface area contributed by atoms with Crippen LogP contribution < -0.4 is 0 Å². The molecule has 1 aromatic rings. The maximum absolute atomic E-state index is 11.4. The molecule has 0 amide bonds. The molecule has 0 atom stereocenters. The molecular formula is C15H18Cl2O3. The SMILES string of the molecule is COC(=O)C1CCC(OCc2ccc(Cl)cc2Cl)CC1. The summed E-state index contributed by atoms with van der Waals surface area (Å²) in [6.45, 7) is 0.476. The van der Waals surface area contributed by atoms with Gasteiger partial charge in [0, 0.05) is 10.0 Å². The molecule has 0 N–H and O–H groups in total. The first-order chi connectivity index (χ1) is 9.60. The Hall–Kier alpha value is -0.770. The van der Waals surface area contributed by atoms with Gasteiger partial charge in [-0.25, -0.2) is 0 Å². The monoisotopic (exact) mass is 316 g/mol. The third-order valence-electron chi connectivity index (χ3n) is 3.70. The normalized spacial score (nSPS) is 22.6. The lowest BCUT2D eigenvalue weighted by Crippen LogP contribution is -2.26. The predicted octanol–water partition coefficient (Wildman–Crippen LogP) is 4.24. The van der Waals surface area contributed by atoms with Crippen LogP contribution in [0.25, 0.3) is 0 Å². The fraction of sp³-hybridized carbons (Fsp3) is 0.533. The molecule has 5 heteroatoms. The fourth-order valence-electron chi connectivity index (χ4n) is 2.48. The number of hydrogen-bond acceptors (Lipinski definition) is 3. The number of esters is 1. The van der Waals surface area contributed by atoms with Crippen molar-refractivity contribution < 1.29 is 14.3 Å². The molecule has 0 bridgehead atoms. The lowest BCUT2D eigenvalue weighted by atomic mass is 9.87. The molecule has 0 aliphatic heterocycles. The van der Waals surface area contributed by atoms with E-state index in [0.717, 1.165) is 31.2 Å². The largest absolute Gasteiger partial charge is 0.469 e. The van der Waals surface area contributed by atoms with Crippen LogP contribution in [-0.2, 0) is 20.9 Å². The fourth-order valence-corrected chi connectivity index (χ4v) is 2.94. The Morgan fingerprint density at radius 3 is 2.55 bits per heavy atom. The summed E-state index contributed by atoms with van der Waals surface area (Å²) in [5.41, 5.74) is 0.936. The van der Waals surface area contributed by atoms with Gasteiger partial charge in [-0.2, -0.15) is 0 Å². The summed E-state index contributed by atoms with van der Waals surface area (Å²) in [6.07, 6.45) is 3.59. The molecule has 2 rings (SSSR count). The van der Waals surface area contributed by atoms with E-state index in [-0.39, 0.29) is 18.0 Å². The van der Waals surface area contributed by atoms with Crippen molar-refractivity contribution in [2.75, 3.05) is 7.11 Å². The molecule has 3 nitrogen and oxygen atoms in total. The van der Waals surface area contributed by atoms with Gasteiger partial charge >= 0.3 is 5.97 Å². The maximum Gasteiger partial charge on any atom is 0.308 e. The average Bonchev–Trinajstić information content (AvgIpc) is 2.46. The van der Waals surface area contributed by atoms with Gasteiger partial charge in [-0.15, -0.1) is 0 Å². The molecule has 0 radical (unpaired) electrons. The van der Waals surface area contributed by atoms with Gasteiger partial charge in [-0.3, -0.25) is 4.79 Å². The Bertz CT molecular complexity index is 468. The van der Waals surface area contributed by atoms with Gasteiger partial charge in [0.1, 0.15) is 0 Å². The van der Waals surface area contributed by atoms with Crippen LogP contribution in [0, 0.1) is 5.92 Å². The van der Waals surface area contributed by atoms with Gasteiger partial charge in [0.05, 0.1) is 25.7 Å². The Morgan fingerprint density at radius 2 is 1.95 bits per heavy atom. The number of benzene rings is 1. The van der Waals surface area contributed by atoms with Gasteiger partial charge < -0.3 is 9.47 Å². The first kappa shape index (κ1) is 15.6. The Kier molecular flexibility index (Phi) is 5.70. The van der Waals surface area contributed by atoms with E-state index in [9.17, 15) is 4.79 Å². The summed E-state index contributed by atoms with van der Waals surface area (Å²) in [4.78, 5) is 11.4. The molecule has 20 heavy (non-hydrogen) atoms. The summed E-state index contributed by atoms with van der Waals surface area (Å²) < 4.78 is 10.6. The maximum atomic E-state index is 11.4. The van der Waals surface area contributed by atoms with E-state index in [1.807, 2.05) is 6.07 Å². The second-order valence-corrected chi connectivity index (χ2v) is 5.89. The van der Waals surface area contributed by atoms with Gasteiger partial charge in [-0.1, -0.05) is 29.3 Å². The van der Waals surface area contributed by atoms with Crippen molar-refractivity contribution in [3.63, 3.8) is 0 Å².